The van der Waals surface area contributed by atoms with Gasteiger partial charge in [-0.3, -0.25) is 0 Å². The Hall–Kier alpha value is -0.0900. The first-order chi connectivity index (χ1) is 6.72. The summed E-state index contributed by atoms with van der Waals surface area (Å²) < 4.78 is 0. The summed E-state index contributed by atoms with van der Waals surface area (Å²) in [5, 5.41) is 14.8. The Balaban J connectivity index is 2.15. The van der Waals surface area contributed by atoms with E-state index >= 15 is 0 Å². The van der Waals surface area contributed by atoms with E-state index in [1.807, 2.05) is 11.4 Å². The second kappa shape index (κ2) is 6.40. The van der Waals surface area contributed by atoms with Gasteiger partial charge in [0.2, 0.25) is 0 Å². The Kier molecular flexibility index (Phi) is 5.48. The van der Waals surface area contributed by atoms with E-state index in [9.17, 15) is 0 Å². The lowest BCUT2D eigenvalue weighted by molar-refractivity contribution is 0.260. The topological polar surface area (TPSA) is 32.3 Å². The SMILES string of the molecule is CC(CCO)CNCc1cc(Cl)cs1. The van der Waals surface area contributed by atoms with Crippen molar-refractivity contribution in [2.75, 3.05) is 13.2 Å². The van der Waals surface area contributed by atoms with E-state index in [1.165, 1.54) is 4.88 Å². The molecule has 0 fully saturated rings. The molecule has 2 nitrogen and oxygen atoms in total. The highest BCUT2D eigenvalue weighted by atomic mass is 35.5. The molecule has 0 saturated heterocycles. The summed E-state index contributed by atoms with van der Waals surface area (Å²) in [5.74, 6) is 0.524. The van der Waals surface area contributed by atoms with Crippen molar-refractivity contribution >= 4 is 22.9 Å². The molecule has 1 aromatic heterocycles. The van der Waals surface area contributed by atoms with E-state index in [-0.39, 0.29) is 6.61 Å². The highest BCUT2D eigenvalue weighted by Crippen LogP contribution is 2.18. The summed E-state index contributed by atoms with van der Waals surface area (Å²) in [4.78, 5) is 1.26. The third kappa shape index (κ3) is 4.42. The fourth-order valence-corrected chi connectivity index (χ4v) is 2.25. The van der Waals surface area contributed by atoms with Crippen molar-refractivity contribution in [3.8, 4) is 0 Å². The lowest BCUT2D eigenvalue weighted by atomic mass is 10.1. The summed E-state index contributed by atoms with van der Waals surface area (Å²) in [6, 6.07) is 1.98. The number of aliphatic hydroxyl groups excluding tert-OH is 1. The highest BCUT2D eigenvalue weighted by Gasteiger charge is 2.01. The van der Waals surface area contributed by atoms with Gasteiger partial charge >= 0.3 is 0 Å². The average molecular weight is 234 g/mol. The molecule has 0 bridgehead atoms. The maximum atomic E-state index is 8.71. The third-order valence-electron chi connectivity index (χ3n) is 2.04. The molecule has 0 radical (unpaired) electrons. The first-order valence-electron chi connectivity index (χ1n) is 4.77. The first-order valence-corrected chi connectivity index (χ1v) is 6.02. The number of hydrogen-bond acceptors (Lipinski definition) is 3. The smallest absolute Gasteiger partial charge is 0.0516 e. The number of hydrogen-bond donors (Lipinski definition) is 2. The first kappa shape index (κ1) is 12.0. The number of thiophene rings is 1. The van der Waals surface area contributed by atoms with E-state index in [1.54, 1.807) is 11.3 Å². The van der Waals surface area contributed by atoms with Crippen LogP contribution in [0.2, 0.25) is 5.02 Å². The predicted molar refractivity (Wildman–Crippen MR) is 61.9 cm³/mol. The van der Waals surface area contributed by atoms with E-state index in [0.717, 1.165) is 24.5 Å². The minimum Gasteiger partial charge on any atom is -0.396 e. The van der Waals surface area contributed by atoms with Crippen LogP contribution in [-0.2, 0) is 6.54 Å². The lowest BCUT2D eigenvalue weighted by Gasteiger charge is -2.09. The van der Waals surface area contributed by atoms with Crippen LogP contribution in [0.1, 0.15) is 18.2 Å². The largest absolute Gasteiger partial charge is 0.396 e. The van der Waals surface area contributed by atoms with Crippen LogP contribution >= 0.6 is 22.9 Å². The zero-order chi connectivity index (χ0) is 10.4. The van der Waals surface area contributed by atoms with Crippen LogP contribution in [0.25, 0.3) is 0 Å². The second-order valence-electron chi connectivity index (χ2n) is 3.48. The zero-order valence-electron chi connectivity index (χ0n) is 8.29. The molecule has 0 amide bonds. The fourth-order valence-electron chi connectivity index (χ4n) is 1.21. The van der Waals surface area contributed by atoms with E-state index in [4.69, 9.17) is 16.7 Å². The Bertz CT molecular complexity index is 264. The zero-order valence-corrected chi connectivity index (χ0v) is 9.87. The summed E-state index contributed by atoms with van der Waals surface area (Å²) in [6.45, 7) is 4.21. The second-order valence-corrected chi connectivity index (χ2v) is 4.91. The molecule has 0 aliphatic carbocycles. The minimum absolute atomic E-state index is 0.272. The summed E-state index contributed by atoms with van der Waals surface area (Å²) in [5.41, 5.74) is 0. The molecule has 2 N–H and O–H groups in total. The molecule has 0 saturated carbocycles. The maximum Gasteiger partial charge on any atom is 0.0516 e. The Morgan fingerprint density at radius 1 is 1.64 bits per heavy atom. The van der Waals surface area contributed by atoms with Crippen molar-refractivity contribution in [3.63, 3.8) is 0 Å². The van der Waals surface area contributed by atoms with Gasteiger partial charge < -0.3 is 10.4 Å². The molecular weight excluding hydrogens is 218 g/mol. The van der Waals surface area contributed by atoms with Gasteiger partial charge in [0.1, 0.15) is 0 Å². The van der Waals surface area contributed by atoms with Crippen LogP contribution in [0, 0.1) is 5.92 Å². The molecule has 1 heterocycles. The van der Waals surface area contributed by atoms with Crippen molar-refractivity contribution in [1.82, 2.24) is 5.32 Å². The summed E-state index contributed by atoms with van der Waals surface area (Å²) in [7, 11) is 0. The molecule has 14 heavy (non-hydrogen) atoms. The summed E-state index contributed by atoms with van der Waals surface area (Å²) >= 11 is 7.47. The number of nitrogens with one attached hydrogen (secondary N) is 1. The van der Waals surface area contributed by atoms with Gasteiger partial charge in [-0.2, -0.15) is 0 Å². The van der Waals surface area contributed by atoms with Gasteiger partial charge in [-0.25, -0.2) is 0 Å². The highest BCUT2D eigenvalue weighted by molar-refractivity contribution is 7.10. The number of aliphatic hydroxyl groups is 1. The lowest BCUT2D eigenvalue weighted by Crippen LogP contribution is -2.20. The average Bonchev–Trinajstić information content (AvgIpc) is 2.52. The number of halogens is 1. The predicted octanol–water partition coefficient (Wildman–Crippen LogP) is 2.51. The molecule has 4 heteroatoms. The van der Waals surface area contributed by atoms with Gasteiger partial charge in [0.05, 0.1) is 5.02 Å². The molecule has 1 atom stereocenters. The summed E-state index contributed by atoms with van der Waals surface area (Å²) in [6.07, 6.45) is 0.859. The van der Waals surface area contributed by atoms with Crippen LogP contribution < -0.4 is 5.32 Å². The molecule has 1 aromatic rings. The van der Waals surface area contributed by atoms with Crippen molar-refractivity contribution in [1.29, 1.82) is 0 Å². The van der Waals surface area contributed by atoms with E-state index in [2.05, 4.69) is 12.2 Å². The monoisotopic (exact) mass is 233 g/mol. The van der Waals surface area contributed by atoms with Crippen LogP contribution in [0.15, 0.2) is 11.4 Å². The Labute approximate surface area is 93.9 Å². The van der Waals surface area contributed by atoms with Gasteiger partial charge in [-0.1, -0.05) is 18.5 Å². The van der Waals surface area contributed by atoms with Gasteiger partial charge in [-0.05, 0) is 24.9 Å². The fraction of sp³-hybridized carbons (Fsp3) is 0.600. The molecule has 0 spiro atoms. The Morgan fingerprint density at radius 2 is 2.43 bits per heavy atom. The van der Waals surface area contributed by atoms with Crippen LogP contribution in [-0.4, -0.2) is 18.3 Å². The molecule has 0 aliphatic rings. The van der Waals surface area contributed by atoms with Gasteiger partial charge in [0.15, 0.2) is 0 Å². The van der Waals surface area contributed by atoms with Crippen molar-refractivity contribution in [3.05, 3.63) is 21.3 Å². The molecule has 80 valence electrons. The molecule has 0 aliphatic heterocycles. The quantitative estimate of drug-likeness (QED) is 0.792. The number of rotatable bonds is 6. The van der Waals surface area contributed by atoms with Gasteiger partial charge in [-0.15, -0.1) is 11.3 Å². The molecule has 0 aromatic carbocycles. The van der Waals surface area contributed by atoms with E-state index < -0.39 is 0 Å². The molecule has 1 unspecified atom stereocenters. The van der Waals surface area contributed by atoms with Gasteiger partial charge in [0, 0.05) is 23.4 Å². The van der Waals surface area contributed by atoms with E-state index in [0.29, 0.717) is 5.92 Å². The third-order valence-corrected chi connectivity index (χ3v) is 3.32. The maximum absolute atomic E-state index is 8.71. The van der Waals surface area contributed by atoms with Crippen LogP contribution in [0.3, 0.4) is 0 Å². The van der Waals surface area contributed by atoms with Crippen molar-refractivity contribution < 1.29 is 5.11 Å². The van der Waals surface area contributed by atoms with Crippen molar-refractivity contribution in [2.45, 2.75) is 19.9 Å². The molecular formula is C10H16ClNOS. The standard InChI is InChI=1S/C10H16ClNOS/c1-8(2-3-13)5-12-6-10-4-9(11)7-14-10/h4,7-8,12-13H,2-3,5-6H2,1H3. The van der Waals surface area contributed by atoms with Crippen LogP contribution in [0.5, 0.6) is 0 Å². The normalized spacial score (nSPS) is 13.1. The minimum atomic E-state index is 0.272. The van der Waals surface area contributed by atoms with Crippen molar-refractivity contribution in [2.24, 2.45) is 5.92 Å². The van der Waals surface area contributed by atoms with Crippen LogP contribution in [0.4, 0.5) is 0 Å². The molecule has 1 rings (SSSR count). The van der Waals surface area contributed by atoms with Gasteiger partial charge in [0.25, 0.3) is 0 Å². The Morgan fingerprint density at radius 3 is 3.00 bits per heavy atom.